The minimum atomic E-state index is -4.65. The summed E-state index contributed by atoms with van der Waals surface area (Å²) in [7, 11) is 1.75. The minimum absolute atomic E-state index is 0.0631. The zero-order chi connectivity index (χ0) is 28.2. The average Bonchev–Trinajstić information content (AvgIpc) is 3.29. The van der Waals surface area contributed by atoms with Gasteiger partial charge in [-0.2, -0.15) is 18.2 Å². The Balaban J connectivity index is 1.14. The Bertz CT molecular complexity index is 1500. The van der Waals surface area contributed by atoms with Crippen LogP contribution in [0.25, 0.3) is 0 Å². The van der Waals surface area contributed by atoms with Crippen molar-refractivity contribution in [3.8, 4) is 17.4 Å². The van der Waals surface area contributed by atoms with Gasteiger partial charge in [0.25, 0.3) is 0 Å². The third-order valence-corrected chi connectivity index (χ3v) is 8.27. The van der Waals surface area contributed by atoms with Crippen LogP contribution < -0.4 is 20.1 Å². The molecule has 0 N–H and O–H groups in total. The van der Waals surface area contributed by atoms with E-state index in [0.29, 0.717) is 24.3 Å². The molecule has 1 saturated carbocycles. The monoisotopic (exact) mass is 560 g/mol. The van der Waals surface area contributed by atoms with Crippen LogP contribution in [-0.4, -0.2) is 40.3 Å². The molecule has 3 aliphatic rings. The Kier molecular flexibility index (Phi) is 6.47. The predicted molar refractivity (Wildman–Crippen MR) is 136 cm³/mol. The van der Waals surface area contributed by atoms with E-state index >= 15 is 0 Å². The van der Waals surface area contributed by atoms with E-state index in [1.54, 1.807) is 11.7 Å². The molecule has 8 nitrogen and oxygen atoms in total. The highest BCUT2D eigenvalue weighted by molar-refractivity contribution is 5.55. The minimum Gasteiger partial charge on any atom is -0.472 e. The molecule has 1 aromatic carbocycles. The van der Waals surface area contributed by atoms with Crippen LogP contribution in [0.4, 0.5) is 23.4 Å². The van der Waals surface area contributed by atoms with Crippen LogP contribution in [0.5, 0.6) is 17.4 Å². The van der Waals surface area contributed by atoms with Gasteiger partial charge >= 0.3 is 11.9 Å². The van der Waals surface area contributed by atoms with Crippen molar-refractivity contribution in [2.45, 2.75) is 64.1 Å². The first-order valence-corrected chi connectivity index (χ1v) is 13.1. The molecule has 0 amide bonds. The Labute approximate surface area is 227 Å². The zero-order valence-corrected chi connectivity index (χ0v) is 22.0. The van der Waals surface area contributed by atoms with Gasteiger partial charge in [0.2, 0.25) is 5.88 Å². The molecule has 6 rings (SSSR count). The highest BCUT2D eigenvalue weighted by Gasteiger charge is 2.51. The summed E-state index contributed by atoms with van der Waals surface area (Å²) in [5.41, 5.74) is -0.0472. The summed E-state index contributed by atoms with van der Waals surface area (Å²) in [4.78, 5) is 22.6. The first-order chi connectivity index (χ1) is 19.0. The lowest BCUT2D eigenvalue weighted by Crippen LogP contribution is -2.53. The van der Waals surface area contributed by atoms with Gasteiger partial charge < -0.3 is 19.1 Å². The molecule has 212 valence electrons. The van der Waals surface area contributed by atoms with E-state index in [0.717, 1.165) is 49.8 Å². The third-order valence-electron chi connectivity index (χ3n) is 8.27. The second-order valence-electron chi connectivity index (χ2n) is 10.9. The summed E-state index contributed by atoms with van der Waals surface area (Å²) in [5.74, 6) is -0.200. The number of aromatic nitrogens is 3. The van der Waals surface area contributed by atoms with Crippen molar-refractivity contribution in [2.75, 3.05) is 18.6 Å². The van der Waals surface area contributed by atoms with Gasteiger partial charge in [0.05, 0.1) is 11.7 Å². The first kappa shape index (κ1) is 26.5. The Morgan fingerprint density at radius 2 is 1.95 bits per heavy atom. The number of hydrogen-bond donors (Lipinski definition) is 0. The van der Waals surface area contributed by atoms with E-state index in [-0.39, 0.29) is 41.1 Å². The lowest BCUT2D eigenvalue weighted by Gasteiger charge is -2.53. The average molecular weight is 561 g/mol. The predicted octanol–water partition coefficient (Wildman–Crippen LogP) is 5.25. The smallest absolute Gasteiger partial charge is 0.433 e. The first-order valence-electron chi connectivity index (χ1n) is 13.1. The number of methoxy groups -OCH3 is 1. The molecular weight excluding hydrogens is 532 g/mol. The van der Waals surface area contributed by atoms with Gasteiger partial charge in [0.15, 0.2) is 11.6 Å². The van der Waals surface area contributed by atoms with Crippen LogP contribution >= 0.6 is 0 Å². The summed E-state index contributed by atoms with van der Waals surface area (Å²) < 4.78 is 71.9. The number of fused-ring (bicyclic) bond motifs is 3. The van der Waals surface area contributed by atoms with Gasteiger partial charge in [-0.25, -0.2) is 9.18 Å². The second kappa shape index (κ2) is 9.76. The maximum absolute atomic E-state index is 14.7. The molecule has 1 aliphatic carbocycles. The van der Waals surface area contributed by atoms with Crippen molar-refractivity contribution >= 4 is 5.82 Å². The van der Waals surface area contributed by atoms with Crippen molar-refractivity contribution in [2.24, 2.45) is 5.41 Å². The van der Waals surface area contributed by atoms with E-state index in [2.05, 4.69) is 14.9 Å². The number of piperidine rings is 1. The maximum Gasteiger partial charge on any atom is 0.433 e. The van der Waals surface area contributed by atoms with Crippen LogP contribution in [0.2, 0.25) is 0 Å². The van der Waals surface area contributed by atoms with E-state index < -0.39 is 17.7 Å². The molecule has 2 aliphatic heterocycles. The number of alkyl halides is 3. The number of hydrogen-bond acceptors (Lipinski definition) is 7. The molecule has 4 heterocycles. The summed E-state index contributed by atoms with van der Waals surface area (Å²) in [6.07, 6.45) is 0.789. The molecule has 1 saturated heterocycles. The summed E-state index contributed by atoms with van der Waals surface area (Å²) in [5, 5.41) is 0. The molecule has 0 radical (unpaired) electrons. The topological polar surface area (TPSA) is 78.7 Å². The zero-order valence-electron chi connectivity index (χ0n) is 22.0. The van der Waals surface area contributed by atoms with Gasteiger partial charge in [-0.3, -0.25) is 9.55 Å². The molecule has 12 heteroatoms. The number of halogens is 4. The molecule has 2 fully saturated rings. The van der Waals surface area contributed by atoms with Crippen molar-refractivity contribution in [3.63, 3.8) is 0 Å². The molecule has 2 aromatic heterocycles. The second-order valence-corrected chi connectivity index (χ2v) is 10.9. The molecule has 40 heavy (non-hydrogen) atoms. The van der Waals surface area contributed by atoms with Crippen LogP contribution in [0.3, 0.4) is 0 Å². The van der Waals surface area contributed by atoms with E-state index in [4.69, 9.17) is 14.2 Å². The molecule has 1 spiro atoms. The number of rotatable bonds is 6. The van der Waals surface area contributed by atoms with Gasteiger partial charge in [-0.15, -0.1) is 0 Å². The van der Waals surface area contributed by atoms with Crippen LogP contribution in [0, 0.1) is 18.2 Å². The van der Waals surface area contributed by atoms with Crippen LogP contribution in [0.1, 0.15) is 42.5 Å². The fourth-order valence-electron chi connectivity index (χ4n) is 6.27. The van der Waals surface area contributed by atoms with E-state index in [9.17, 15) is 22.4 Å². The number of benzene rings is 1. The van der Waals surface area contributed by atoms with Crippen molar-refractivity contribution in [3.05, 3.63) is 69.7 Å². The third kappa shape index (κ3) is 4.78. The van der Waals surface area contributed by atoms with Crippen molar-refractivity contribution in [1.29, 1.82) is 0 Å². The highest BCUT2D eigenvalue weighted by atomic mass is 19.4. The number of nitrogens with zero attached hydrogens (tertiary/aromatic N) is 4. The van der Waals surface area contributed by atoms with Crippen LogP contribution in [0.15, 0.2) is 41.3 Å². The number of pyridine rings is 1. The fourth-order valence-corrected chi connectivity index (χ4v) is 6.27. The Morgan fingerprint density at radius 3 is 2.67 bits per heavy atom. The standard InChI is InChI=1S/C28H28F4N4O4/c1-16-24(34-26(37)36-14-18-11-27(12-20(13-27)38-2)6-8-35(18)25(16)36)39-15-17-3-4-22(21(29)9-17)40-19-5-7-33-23(10-19)28(30,31)32/h3-5,7,9-10,18,20H,6,8,11-15H2,1-2H3. The molecule has 3 aromatic rings. The Hall–Kier alpha value is -3.67. The fraction of sp³-hybridized carbons (Fsp3) is 0.464. The summed E-state index contributed by atoms with van der Waals surface area (Å²) in [6, 6.07) is 6.15. The number of anilines is 1. The molecule has 0 bridgehead atoms. The molecule has 1 unspecified atom stereocenters. The Morgan fingerprint density at radius 1 is 1.15 bits per heavy atom. The van der Waals surface area contributed by atoms with Crippen molar-refractivity contribution < 1.29 is 31.8 Å². The van der Waals surface area contributed by atoms with Gasteiger partial charge in [0, 0.05) is 38.5 Å². The van der Waals surface area contributed by atoms with Crippen molar-refractivity contribution in [1.82, 2.24) is 14.5 Å². The summed E-state index contributed by atoms with van der Waals surface area (Å²) in [6.45, 7) is 3.24. The lowest BCUT2D eigenvalue weighted by atomic mass is 9.60. The SMILES string of the molecule is COC1CC2(CCN3c4c(C)c(OCc5ccc(Oc6ccnc(C(F)(F)F)c6)c(F)c5)nc(=O)n4CC3C2)C1. The normalized spacial score (nSPS) is 23.5. The summed E-state index contributed by atoms with van der Waals surface area (Å²) >= 11 is 0. The number of ether oxygens (including phenoxy) is 3. The molecular formula is C28H28F4N4O4. The molecule has 1 atom stereocenters. The van der Waals surface area contributed by atoms with Crippen LogP contribution in [-0.2, 0) is 24.1 Å². The van der Waals surface area contributed by atoms with Gasteiger partial charge in [-0.05, 0) is 61.8 Å². The lowest BCUT2D eigenvalue weighted by molar-refractivity contribution is -0.141. The van der Waals surface area contributed by atoms with E-state index in [1.807, 2.05) is 6.92 Å². The van der Waals surface area contributed by atoms with E-state index in [1.165, 1.54) is 24.3 Å². The van der Waals surface area contributed by atoms with Gasteiger partial charge in [0.1, 0.15) is 23.9 Å². The quantitative estimate of drug-likeness (QED) is 0.381. The van der Waals surface area contributed by atoms with Gasteiger partial charge in [-0.1, -0.05) is 6.07 Å². The largest absolute Gasteiger partial charge is 0.472 e. The highest BCUT2D eigenvalue weighted by Crippen LogP contribution is 2.53. The maximum atomic E-state index is 14.7.